The molecule has 1 atom stereocenters. The Morgan fingerprint density at radius 1 is 1.32 bits per heavy atom. The summed E-state index contributed by atoms with van der Waals surface area (Å²) in [7, 11) is 1.69. The minimum absolute atomic E-state index is 0.0687. The molecule has 0 amide bonds. The van der Waals surface area contributed by atoms with Crippen LogP contribution in [0.4, 0.5) is 8.78 Å². The van der Waals surface area contributed by atoms with E-state index >= 15 is 0 Å². The molecule has 0 radical (unpaired) electrons. The van der Waals surface area contributed by atoms with E-state index in [1.54, 1.807) is 7.05 Å². The summed E-state index contributed by atoms with van der Waals surface area (Å²) in [4.78, 5) is 4.07. The van der Waals surface area contributed by atoms with Crippen LogP contribution in [0.25, 0.3) is 0 Å². The lowest BCUT2D eigenvalue weighted by atomic mass is 10.0. The smallest absolute Gasteiger partial charge is 0.190 e. The highest BCUT2D eigenvalue weighted by molar-refractivity contribution is 5.79. The van der Waals surface area contributed by atoms with Crippen molar-refractivity contribution in [3.05, 3.63) is 35.4 Å². The number of aliphatic imine (C=N–C) groups is 1. The molecule has 0 fully saturated rings. The van der Waals surface area contributed by atoms with Crippen LogP contribution in [0.5, 0.6) is 0 Å². The third-order valence-electron chi connectivity index (χ3n) is 2.84. The topological polar surface area (TPSA) is 36.4 Å². The highest BCUT2D eigenvalue weighted by Crippen LogP contribution is 2.18. The maximum absolute atomic E-state index is 13.6. The number of hydrogen-bond acceptors (Lipinski definition) is 1. The van der Waals surface area contributed by atoms with Crippen molar-refractivity contribution in [1.82, 2.24) is 10.6 Å². The average molecular weight is 269 g/mol. The molecule has 1 rings (SSSR count). The molecule has 1 aromatic carbocycles. The third kappa shape index (κ3) is 4.85. The highest BCUT2D eigenvalue weighted by Gasteiger charge is 2.12. The van der Waals surface area contributed by atoms with Gasteiger partial charge in [-0.05, 0) is 18.1 Å². The number of guanidine groups is 1. The van der Waals surface area contributed by atoms with Gasteiger partial charge in [0.05, 0.1) is 0 Å². The molecule has 19 heavy (non-hydrogen) atoms. The molecule has 106 valence electrons. The fourth-order valence-corrected chi connectivity index (χ4v) is 1.72. The van der Waals surface area contributed by atoms with E-state index in [0.717, 1.165) is 19.0 Å². The van der Waals surface area contributed by atoms with Gasteiger partial charge >= 0.3 is 0 Å². The van der Waals surface area contributed by atoms with Crippen LogP contribution in [0.1, 0.15) is 31.7 Å². The molecule has 0 saturated carbocycles. The molecule has 0 spiro atoms. The fourth-order valence-electron chi connectivity index (χ4n) is 1.72. The first-order valence-electron chi connectivity index (χ1n) is 6.48. The van der Waals surface area contributed by atoms with Crippen molar-refractivity contribution in [3.8, 4) is 0 Å². The van der Waals surface area contributed by atoms with Crippen molar-refractivity contribution in [1.29, 1.82) is 0 Å². The van der Waals surface area contributed by atoms with Crippen molar-refractivity contribution in [2.75, 3.05) is 20.1 Å². The molecule has 3 nitrogen and oxygen atoms in total. The number of nitrogens with one attached hydrogen (secondary N) is 2. The van der Waals surface area contributed by atoms with Crippen LogP contribution in [0, 0.1) is 11.6 Å². The quantitative estimate of drug-likeness (QED) is 0.637. The van der Waals surface area contributed by atoms with Gasteiger partial charge < -0.3 is 10.6 Å². The summed E-state index contributed by atoms with van der Waals surface area (Å²) in [5, 5.41) is 6.26. The van der Waals surface area contributed by atoms with E-state index in [4.69, 9.17) is 0 Å². The van der Waals surface area contributed by atoms with E-state index in [1.807, 2.05) is 6.92 Å². The normalized spacial score (nSPS) is 13.2. The Bertz CT molecular complexity index is 433. The monoisotopic (exact) mass is 269 g/mol. The van der Waals surface area contributed by atoms with Crippen molar-refractivity contribution in [2.24, 2.45) is 4.99 Å². The standard InChI is InChI=1S/C14H21F2N3/c1-4-7-18-14(17-3)19-9-10(2)12-6-5-11(15)8-13(12)16/h5-6,8,10H,4,7,9H2,1-3H3,(H2,17,18,19). The largest absolute Gasteiger partial charge is 0.356 e. The number of benzene rings is 1. The molecule has 0 heterocycles. The Kier molecular flexibility index (Phi) is 6.25. The van der Waals surface area contributed by atoms with Crippen molar-refractivity contribution >= 4 is 5.96 Å². The number of halogens is 2. The molecule has 5 heteroatoms. The second-order valence-corrected chi connectivity index (χ2v) is 4.45. The highest BCUT2D eigenvalue weighted by atomic mass is 19.1. The van der Waals surface area contributed by atoms with Gasteiger partial charge in [-0.15, -0.1) is 0 Å². The molecule has 0 saturated heterocycles. The molecular formula is C14H21F2N3. The molecule has 2 N–H and O–H groups in total. The van der Waals surface area contributed by atoms with Gasteiger partial charge in [0.2, 0.25) is 0 Å². The Balaban J connectivity index is 2.57. The van der Waals surface area contributed by atoms with Gasteiger partial charge in [0.1, 0.15) is 11.6 Å². The lowest BCUT2D eigenvalue weighted by molar-refractivity contribution is 0.556. The van der Waals surface area contributed by atoms with Crippen molar-refractivity contribution in [2.45, 2.75) is 26.2 Å². The molecular weight excluding hydrogens is 248 g/mol. The van der Waals surface area contributed by atoms with Gasteiger partial charge in [0.25, 0.3) is 0 Å². The van der Waals surface area contributed by atoms with Gasteiger partial charge in [-0.3, -0.25) is 4.99 Å². The summed E-state index contributed by atoms with van der Waals surface area (Å²) in [5.74, 6) is -0.440. The minimum atomic E-state index is -0.554. The first-order chi connectivity index (χ1) is 9.08. The first kappa shape index (κ1) is 15.4. The van der Waals surface area contributed by atoms with Crippen LogP contribution in [0.2, 0.25) is 0 Å². The predicted octanol–water partition coefficient (Wildman–Crippen LogP) is 2.64. The summed E-state index contributed by atoms with van der Waals surface area (Å²) < 4.78 is 26.4. The van der Waals surface area contributed by atoms with Gasteiger partial charge in [-0.2, -0.15) is 0 Å². The van der Waals surface area contributed by atoms with E-state index in [0.29, 0.717) is 18.1 Å². The maximum atomic E-state index is 13.6. The average Bonchev–Trinajstić information content (AvgIpc) is 2.38. The lowest BCUT2D eigenvalue weighted by Gasteiger charge is -2.16. The Hall–Kier alpha value is -1.65. The zero-order valence-corrected chi connectivity index (χ0v) is 11.6. The maximum Gasteiger partial charge on any atom is 0.190 e. The van der Waals surface area contributed by atoms with Crippen molar-refractivity contribution < 1.29 is 8.78 Å². The SMILES string of the molecule is CCCNC(=NC)NCC(C)c1ccc(F)cc1F. The van der Waals surface area contributed by atoms with Gasteiger partial charge in [-0.1, -0.05) is 19.9 Å². The fraction of sp³-hybridized carbons (Fsp3) is 0.500. The van der Waals surface area contributed by atoms with E-state index in [1.165, 1.54) is 12.1 Å². The van der Waals surface area contributed by atoms with Crippen LogP contribution >= 0.6 is 0 Å². The number of rotatable bonds is 5. The van der Waals surface area contributed by atoms with Gasteiger partial charge in [0.15, 0.2) is 5.96 Å². The van der Waals surface area contributed by atoms with E-state index < -0.39 is 11.6 Å². The molecule has 0 aliphatic carbocycles. The summed E-state index contributed by atoms with van der Waals surface area (Å²) in [6.45, 7) is 5.32. The zero-order valence-electron chi connectivity index (χ0n) is 11.6. The number of hydrogen-bond donors (Lipinski definition) is 2. The van der Waals surface area contributed by atoms with Crippen LogP contribution in [-0.2, 0) is 0 Å². The van der Waals surface area contributed by atoms with Crippen LogP contribution in [-0.4, -0.2) is 26.1 Å². The number of nitrogens with zero attached hydrogens (tertiary/aromatic N) is 1. The third-order valence-corrected chi connectivity index (χ3v) is 2.84. The molecule has 0 aromatic heterocycles. The van der Waals surface area contributed by atoms with Crippen LogP contribution in [0.3, 0.4) is 0 Å². The van der Waals surface area contributed by atoms with Crippen LogP contribution in [0.15, 0.2) is 23.2 Å². The minimum Gasteiger partial charge on any atom is -0.356 e. The summed E-state index contributed by atoms with van der Waals surface area (Å²) in [6.07, 6.45) is 1.00. The Morgan fingerprint density at radius 3 is 2.63 bits per heavy atom. The van der Waals surface area contributed by atoms with Gasteiger partial charge in [0, 0.05) is 32.1 Å². The molecule has 1 unspecified atom stereocenters. The molecule has 0 aliphatic heterocycles. The Labute approximate surface area is 113 Å². The van der Waals surface area contributed by atoms with E-state index in [9.17, 15) is 8.78 Å². The molecule has 0 bridgehead atoms. The second kappa shape index (κ2) is 7.71. The molecule has 0 aliphatic rings. The van der Waals surface area contributed by atoms with Crippen molar-refractivity contribution in [3.63, 3.8) is 0 Å². The van der Waals surface area contributed by atoms with E-state index in [-0.39, 0.29) is 5.92 Å². The second-order valence-electron chi connectivity index (χ2n) is 4.45. The van der Waals surface area contributed by atoms with Gasteiger partial charge in [-0.25, -0.2) is 8.78 Å². The summed E-state index contributed by atoms with van der Waals surface area (Å²) >= 11 is 0. The molecule has 1 aromatic rings. The predicted molar refractivity (Wildman–Crippen MR) is 74.4 cm³/mol. The Morgan fingerprint density at radius 2 is 2.05 bits per heavy atom. The summed E-state index contributed by atoms with van der Waals surface area (Å²) in [6, 6.07) is 3.67. The zero-order chi connectivity index (χ0) is 14.3. The summed E-state index contributed by atoms with van der Waals surface area (Å²) in [5.41, 5.74) is 0.500. The van der Waals surface area contributed by atoms with E-state index in [2.05, 4.69) is 22.5 Å². The van der Waals surface area contributed by atoms with Crippen LogP contribution < -0.4 is 10.6 Å². The first-order valence-corrected chi connectivity index (χ1v) is 6.48. The lowest BCUT2D eigenvalue weighted by Crippen LogP contribution is -2.39.